The Bertz CT molecular complexity index is 295. The highest BCUT2D eigenvalue weighted by atomic mass is 16.5. The van der Waals surface area contributed by atoms with E-state index in [1.54, 1.807) is 7.11 Å². The number of amides is 1. The smallest absolute Gasteiger partial charge is 0.227 e. The van der Waals surface area contributed by atoms with Gasteiger partial charge in [0.2, 0.25) is 5.91 Å². The maximum absolute atomic E-state index is 12.4. The molecular weight excluding hydrogens is 216 g/mol. The Morgan fingerprint density at radius 3 is 2.88 bits per heavy atom. The van der Waals surface area contributed by atoms with Crippen molar-refractivity contribution in [1.29, 1.82) is 0 Å². The summed E-state index contributed by atoms with van der Waals surface area (Å²) in [4.78, 5) is 14.4. The number of likely N-dealkylation sites (tertiary alicyclic amines) is 1. The Morgan fingerprint density at radius 1 is 1.53 bits per heavy atom. The van der Waals surface area contributed by atoms with Crippen molar-refractivity contribution in [2.45, 2.75) is 44.8 Å². The summed E-state index contributed by atoms with van der Waals surface area (Å²) in [6.45, 7) is 6.80. The molecule has 4 nitrogen and oxygen atoms in total. The van der Waals surface area contributed by atoms with Gasteiger partial charge in [0.05, 0.1) is 11.5 Å². The van der Waals surface area contributed by atoms with Crippen LogP contribution in [-0.2, 0) is 9.53 Å². The fourth-order valence-electron chi connectivity index (χ4n) is 2.99. The lowest BCUT2D eigenvalue weighted by Crippen LogP contribution is -2.52. The van der Waals surface area contributed by atoms with Gasteiger partial charge in [-0.1, -0.05) is 0 Å². The van der Waals surface area contributed by atoms with Gasteiger partial charge >= 0.3 is 0 Å². The van der Waals surface area contributed by atoms with Crippen LogP contribution in [0.4, 0.5) is 0 Å². The Hall–Kier alpha value is -0.610. The van der Waals surface area contributed by atoms with E-state index in [0.29, 0.717) is 11.9 Å². The normalized spacial score (nSPS) is 38.4. The van der Waals surface area contributed by atoms with Crippen molar-refractivity contribution in [2.24, 2.45) is 5.92 Å². The Labute approximate surface area is 104 Å². The number of nitrogens with zero attached hydrogens (tertiary/aromatic N) is 1. The highest BCUT2D eigenvalue weighted by Gasteiger charge is 2.38. The Kier molecular flexibility index (Phi) is 3.73. The fraction of sp³-hybridized carbons (Fsp3) is 0.923. The van der Waals surface area contributed by atoms with E-state index in [1.165, 1.54) is 0 Å². The van der Waals surface area contributed by atoms with E-state index in [-0.39, 0.29) is 11.5 Å². The molecule has 2 heterocycles. The molecule has 17 heavy (non-hydrogen) atoms. The average molecular weight is 240 g/mol. The number of piperidine rings is 1. The van der Waals surface area contributed by atoms with Crippen LogP contribution in [0.25, 0.3) is 0 Å². The van der Waals surface area contributed by atoms with E-state index < -0.39 is 0 Å². The third-order valence-electron chi connectivity index (χ3n) is 4.31. The van der Waals surface area contributed by atoms with Crippen LogP contribution < -0.4 is 5.32 Å². The summed E-state index contributed by atoms with van der Waals surface area (Å²) in [6.07, 6.45) is 3.07. The molecule has 0 aromatic heterocycles. The van der Waals surface area contributed by atoms with Crippen molar-refractivity contribution in [3.63, 3.8) is 0 Å². The highest BCUT2D eigenvalue weighted by molar-refractivity contribution is 5.80. The lowest BCUT2D eigenvalue weighted by Gasteiger charge is -2.40. The summed E-state index contributed by atoms with van der Waals surface area (Å²) < 4.78 is 5.54. The highest BCUT2D eigenvalue weighted by Crippen LogP contribution is 2.27. The first-order chi connectivity index (χ1) is 8.06. The maximum Gasteiger partial charge on any atom is 0.227 e. The first kappa shape index (κ1) is 12.8. The monoisotopic (exact) mass is 240 g/mol. The second-order valence-electron chi connectivity index (χ2n) is 5.66. The van der Waals surface area contributed by atoms with E-state index in [0.717, 1.165) is 38.9 Å². The van der Waals surface area contributed by atoms with Crippen LogP contribution in [0.5, 0.6) is 0 Å². The molecule has 0 aromatic carbocycles. The molecule has 4 heteroatoms. The van der Waals surface area contributed by atoms with E-state index in [2.05, 4.69) is 19.2 Å². The van der Waals surface area contributed by atoms with Gasteiger partial charge in [-0.25, -0.2) is 0 Å². The van der Waals surface area contributed by atoms with Crippen LogP contribution in [0.15, 0.2) is 0 Å². The number of methoxy groups -OCH3 is 1. The summed E-state index contributed by atoms with van der Waals surface area (Å²) in [6, 6.07) is 0.318. The van der Waals surface area contributed by atoms with Gasteiger partial charge in [-0.3, -0.25) is 4.79 Å². The first-order valence-corrected chi connectivity index (χ1v) is 6.63. The minimum atomic E-state index is -0.150. The Morgan fingerprint density at radius 2 is 2.29 bits per heavy atom. The van der Waals surface area contributed by atoms with Crippen molar-refractivity contribution in [2.75, 3.05) is 26.7 Å². The molecule has 2 fully saturated rings. The number of hydrogen-bond acceptors (Lipinski definition) is 3. The summed E-state index contributed by atoms with van der Waals surface area (Å²) in [5.74, 6) is 0.472. The van der Waals surface area contributed by atoms with Gasteiger partial charge in [-0.05, 0) is 39.7 Å². The molecule has 3 unspecified atom stereocenters. The van der Waals surface area contributed by atoms with E-state index >= 15 is 0 Å². The summed E-state index contributed by atoms with van der Waals surface area (Å²) in [7, 11) is 1.74. The third kappa shape index (κ3) is 2.63. The van der Waals surface area contributed by atoms with Crippen molar-refractivity contribution >= 4 is 5.91 Å². The lowest BCUT2D eigenvalue weighted by molar-refractivity contribution is -0.143. The van der Waals surface area contributed by atoms with Gasteiger partial charge in [0, 0.05) is 26.2 Å². The van der Waals surface area contributed by atoms with E-state index in [4.69, 9.17) is 4.74 Å². The molecule has 2 aliphatic heterocycles. The minimum Gasteiger partial charge on any atom is -0.377 e. The Balaban J connectivity index is 1.99. The van der Waals surface area contributed by atoms with E-state index in [1.807, 2.05) is 4.90 Å². The van der Waals surface area contributed by atoms with Crippen LogP contribution in [0.1, 0.15) is 33.1 Å². The van der Waals surface area contributed by atoms with Crippen LogP contribution in [-0.4, -0.2) is 49.2 Å². The third-order valence-corrected chi connectivity index (χ3v) is 4.31. The van der Waals surface area contributed by atoms with Gasteiger partial charge in [0.1, 0.15) is 0 Å². The van der Waals surface area contributed by atoms with Gasteiger partial charge in [-0.2, -0.15) is 0 Å². The molecule has 98 valence electrons. The van der Waals surface area contributed by atoms with Crippen LogP contribution in [0, 0.1) is 5.92 Å². The molecule has 0 spiro atoms. The predicted octanol–water partition coefficient (Wildman–Crippen LogP) is 1.01. The first-order valence-electron chi connectivity index (χ1n) is 6.63. The standard InChI is InChI=1S/C13H24N2O2/c1-10-11(5-7-14-10)12(16)15-8-4-6-13(2,9-15)17-3/h10-11,14H,4-9H2,1-3H3. The van der Waals surface area contributed by atoms with Crippen LogP contribution in [0.3, 0.4) is 0 Å². The maximum atomic E-state index is 12.4. The molecular formula is C13H24N2O2. The van der Waals surface area contributed by atoms with Crippen LogP contribution in [0.2, 0.25) is 0 Å². The fourth-order valence-corrected chi connectivity index (χ4v) is 2.99. The van der Waals surface area contributed by atoms with Crippen molar-refractivity contribution in [3.05, 3.63) is 0 Å². The second-order valence-corrected chi connectivity index (χ2v) is 5.66. The number of hydrogen-bond donors (Lipinski definition) is 1. The zero-order valence-electron chi connectivity index (χ0n) is 11.2. The summed E-state index contributed by atoms with van der Waals surface area (Å²) >= 11 is 0. The van der Waals surface area contributed by atoms with E-state index in [9.17, 15) is 4.79 Å². The second kappa shape index (κ2) is 4.94. The molecule has 1 amide bonds. The molecule has 2 aliphatic rings. The van der Waals surface area contributed by atoms with Crippen molar-refractivity contribution in [3.8, 4) is 0 Å². The molecule has 0 radical (unpaired) electrons. The van der Waals surface area contributed by atoms with Gasteiger partial charge in [0.15, 0.2) is 0 Å². The van der Waals surface area contributed by atoms with Gasteiger partial charge in [0.25, 0.3) is 0 Å². The topological polar surface area (TPSA) is 41.6 Å². The average Bonchev–Trinajstić information content (AvgIpc) is 2.75. The number of ether oxygens (including phenoxy) is 1. The van der Waals surface area contributed by atoms with Gasteiger partial charge in [-0.15, -0.1) is 0 Å². The number of rotatable bonds is 2. The quantitative estimate of drug-likeness (QED) is 0.783. The molecule has 0 aromatic rings. The number of carbonyl (C=O) groups excluding carboxylic acids is 1. The molecule has 1 N–H and O–H groups in total. The zero-order chi connectivity index (χ0) is 12.5. The molecule has 0 bridgehead atoms. The number of carbonyl (C=O) groups is 1. The van der Waals surface area contributed by atoms with Crippen molar-refractivity contribution < 1.29 is 9.53 Å². The van der Waals surface area contributed by atoms with Crippen molar-refractivity contribution in [1.82, 2.24) is 10.2 Å². The largest absolute Gasteiger partial charge is 0.377 e. The SMILES string of the molecule is COC1(C)CCCN(C(=O)C2CCNC2C)C1. The molecule has 3 atom stereocenters. The summed E-state index contributed by atoms with van der Waals surface area (Å²) in [5, 5.41) is 3.35. The molecule has 0 aliphatic carbocycles. The molecule has 2 rings (SSSR count). The predicted molar refractivity (Wildman–Crippen MR) is 66.8 cm³/mol. The zero-order valence-corrected chi connectivity index (χ0v) is 11.2. The molecule has 0 saturated carbocycles. The van der Waals surface area contributed by atoms with Crippen LogP contribution >= 0.6 is 0 Å². The molecule has 2 saturated heterocycles. The number of nitrogens with one attached hydrogen (secondary N) is 1. The lowest BCUT2D eigenvalue weighted by atomic mass is 9.92. The minimum absolute atomic E-state index is 0.150. The summed E-state index contributed by atoms with van der Waals surface area (Å²) in [5.41, 5.74) is -0.150. The van der Waals surface area contributed by atoms with Gasteiger partial charge < -0.3 is 15.0 Å².